The van der Waals surface area contributed by atoms with Gasteiger partial charge in [-0.05, 0) is 64.5 Å². The Morgan fingerprint density at radius 3 is 2.62 bits per heavy atom. The minimum Gasteiger partial charge on any atom is -0.451 e. The molecule has 0 saturated carbocycles. The van der Waals surface area contributed by atoms with Crippen LogP contribution in [0.15, 0.2) is 57.4 Å². The largest absolute Gasteiger partial charge is 0.451 e. The molecule has 1 aromatic heterocycles. The molecule has 4 nitrogen and oxygen atoms in total. The van der Waals surface area contributed by atoms with E-state index in [1.807, 2.05) is 0 Å². The summed E-state index contributed by atoms with van der Waals surface area (Å²) in [5.41, 5.74) is 7.49. The van der Waals surface area contributed by atoms with Crippen molar-refractivity contribution >= 4 is 56.4 Å². The summed E-state index contributed by atoms with van der Waals surface area (Å²) in [4.78, 5) is 12.3. The minimum absolute atomic E-state index is 0.157. The maximum atomic E-state index is 12.3. The van der Waals surface area contributed by atoms with Gasteiger partial charge in [0.2, 0.25) is 0 Å². The third kappa shape index (κ3) is 3.59. The molecule has 0 radical (unpaired) electrons. The molecule has 0 unspecified atom stereocenters. The topological polar surface area (TPSA) is 68.3 Å². The predicted octanol–water partition coefficient (Wildman–Crippen LogP) is 5.85. The van der Waals surface area contributed by atoms with Crippen molar-refractivity contribution in [3.8, 4) is 11.3 Å². The first-order chi connectivity index (χ1) is 11.4. The van der Waals surface area contributed by atoms with Crippen molar-refractivity contribution in [2.45, 2.75) is 0 Å². The van der Waals surface area contributed by atoms with E-state index in [1.165, 1.54) is 0 Å². The second kappa shape index (κ2) is 6.89. The number of carbonyl (C=O) groups is 1. The van der Waals surface area contributed by atoms with Gasteiger partial charge in [0.25, 0.3) is 5.91 Å². The highest BCUT2D eigenvalue weighted by Gasteiger charge is 2.15. The molecular weight excluding hydrogens is 415 g/mol. The number of furan rings is 1. The fourth-order valence-electron chi connectivity index (χ4n) is 2.11. The molecule has 0 atom stereocenters. The van der Waals surface area contributed by atoms with Gasteiger partial charge in [-0.1, -0.05) is 23.2 Å². The van der Waals surface area contributed by atoms with Crippen LogP contribution in [0.2, 0.25) is 10.0 Å². The van der Waals surface area contributed by atoms with Crippen LogP contribution in [0.3, 0.4) is 0 Å². The van der Waals surface area contributed by atoms with Crippen molar-refractivity contribution in [2.24, 2.45) is 0 Å². The molecule has 7 heteroatoms. The Hall–Kier alpha value is -1.95. The molecule has 0 aliphatic rings. The van der Waals surface area contributed by atoms with Gasteiger partial charge in [0.1, 0.15) is 5.76 Å². The molecule has 24 heavy (non-hydrogen) atoms. The van der Waals surface area contributed by atoms with Crippen molar-refractivity contribution in [2.75, 3.05) is 11.1 Å². The van der Waals surface area contributed by atoms with Gasteiger partial charge in [-0.15, -0.1) is 0 Å². The number of amides is 1. The van der Waals surface area contributed by atoms with Crippen LogP contribution in [0, 0.1) is 0 Å². The highest BCUT2D eigenvalue weighted by atomic mass is 79.9. The van der Waals surface area contributed by atoms with Crippen LogP contribution in [-0.2, 0) is 0 Å². The minimum atomic E-state index is -0.384. The first-order valence-corrected chi connectivity index (χ1v) is 8.40. The first kappa shape index (κ1) is 16.9. The Labute approximate surface area is 156 Å². The Morgan fingerprint density at radius 2 is 1.88 bits per heavy atom. The fraction of sp³-hybridized carbons (Fsp3) is 0. The van der Waals surface area contributed by atoms with Crippen molar-refractivity contribution in [1.82, 2.24) is 0 Å². The summed E-state index contributed by atoms with van der Waals surface area (Å²) in [5, 5.41) is 3.77. The molecule has 0 fully saturated rings. The van der Waals surface area contributed by atoms with E-state index in [0.717, 1.165) is 0 Å². The van der Waals surface area contributed by atoms with Crippen LogP contribution >= 0.6 is 39.1 Å². The Morgan fingerprint density at radius 1 is 1.08 bits per heavy atom. The monoisotopic (exact) mass is 424 g/mol. The van der Waals surface area contributed by atoms with E-state index < -0.39 is 0 Å². The van der Waals surface area contributed by atoms with Crippen LogP contribution in [0.5, 0.6) is 0 Å². The molecular formula is C17H11BrCl2N2O2. The van der Waals surface area contributed by atoms with Gasteiger partial charge in [0.15, 0.2) is 5.76 Å². The lowest BCUT2D eigenvalue weighted by Gasteiger charge is -2.06. The second-order valence-electron chi connectivity index (χ2n) is 4.98. The summed E-state index contributed by atoms with van der Waals surface area (Å²) in [7, 11) is 0. The van der Waals surface area contributed by atoms with Crippen LogP contribution in [0.1, 0.15) is 10.6 Å². The summed E-state index contributed by atoms with van der Waals surface area (Å²) < 4.78 is 6.29. The molecule has 3 rings (SSSR count). The predicted molar refractivity (Wildman–Crippen MR) is 101 cm³/mol. The molecule has 122 valence electrons. The second-order valence-corrected chi connectivity index (χ2v) is 6.68. The maximum absolute atomic E-state index is 12.3. The molecule has 0 bridgehead atoms. The summed E-state index contributed by atoms with van der Waals surface area (Å²) in [6, 6.07) is 13.4. The normalized spacial score (nSPS) is 10.6. The number of benzene rings is 2. The van der Waals surface area contributed by atoms with Crippen molar-refractivity contribution in [1.29, 1.82) is 0 Å². The van der Waals surface area contributed by atoms with Gasteiger partial charge in [0.05, 0.1) is 10.7 Å². The van der Waals surface area contributed by atoms with Gasteiger partial charge in [-0.25, -0.2) is 0 Å². The molecule has 2 aromatic carbocycles. The smallest absolute Gasteiger partial charge is 0.291 e. The van der Waals surface area contributed by atoms with Crippen molar-refractivity contribution in [3.05, 3.63) is 68.8 Å². The number of nitrogens with two attached hydrogens (primary N) is 1. The molecule has 3 aromatic rings. The number of hydrogen-bond donors (Lipinski definition) is 2. The maximum Gasteiger partial charge on any atom is 0.291 e. The van der Waals surface area contributed by atoms with E-state index in [0.29, 0.717) is 37.2 Å². The Kier molecular flexibility index (Phi) is 4.85. The highest BCUT2D eigenvalue weighted by Crippen LogP contribution is 2.32. The fourth-order valence-corrected chi connectivity index (χ4v) is 2.99. The quantitative estimate of drug-likeness (QED) is 0.517. The summed E-state index contributed by atoms with van der Waals surface area (Å²) >= 11 is 15.5. The average molecular weight is 426 g/mol. The number of hydrogen-bond acceptors (Lipinski definition) is 3. The van der Waals surface area contributed by atoms with E-state index in [4.69, 9.17) is 33.4 Å². The molecule has 3 N–H and O–H groups in total. The number of nitrogen functional groups attached to an aromatic ring is 1. The van der Waals surface area contributed by atoms with E-state index in [9.17, 15) is 4.79 Å². The lowest BCUT2D eigenvalue weighted by atomic mass is 10.2. The van der Waals surface area contributed by atoms with E-state index in [2.05, 4.69) is 21.2 Å². The SMILES string of the molecule is Nc1ccc(NC(=O)c2ccc(-c3cc(Cl)ccc3Cl)o2)c(Br)c1. The molecule has 0 aliphatic carbocycles. The van der Waals surface area contributed by atoms with E-state index in [1.54, 1.807) is 48.5 Å². The third-order valence-corrected chi connectivity index (χ3v) is 4.49. The Balaban J connectivity index is 1.85. The number of carbonyl (C=O) groups excluding carboxylic acids is 1. The molecule has 0 spiro atoms. The summed E-state index contributed by atoms with van der Waals surface area (Å²) in [5.74, 6) is 0.235. The van der Waals surface area contributed by atoms with Gasteiger partial charge in [-0.2, -0.15) is 0 Å². The summed E-state index contributed by atoms with van der Waals surface area (Å²) in [6.45, 7) is 0. The standard InChI is InChI=1S/C17H11BrCl2N2O2/c18-12-8-10(21)2-4-14(12)22-17(23)16-6-5-15(24-16)11-7-9(19)1-3-13(11)20/h1-8H,21H2,(H,22,23). The number of nitrogens with one attached hydrogen (secondary N) is 1. The third-order valence-electron chi connectivity index (χ3n) is 3.26. The van der Waals surface area contributed by atoms with Crippen LogP contribution in [-0.4, -0.2) is 5.91 Å². The van der Waals surface area contributed by atoms with Crippen LogP contribution < -0.4 is 11.1 Å². The van der Waals surface area contributed by atoms with Gasteiger partial charge in [0, 0.05) is 20.7 Å². The number of anilines is 2. The summed E-state index contributed by atoms with van der Waals surface area (Å²) in [6.07, 6.45) is 0. The van der Waals surface area contributed by atoms with E-state index >= 15 is 0 Å². The van der Waals surface area contributed by atoms with Crippen LogP contribution in [0.4, 0.5) is 11.4 Å². The molecule has 0 saturated heterocycles. The zero-order valence-electron chi connectivity index (χ0n) is 12.1. The average Bonchev–Trinajstić information content (AvgIpc) is 3.02. The zero-order valence-corrected chi connectivity index (χ0v) is 15.2. The van der Waals surface area contributed by atoms with Gasteiger partial charge >= 0.3 is 0 Å². The number of halogens is 3. The van der Waals surface area contributed by atoms with E-state index in [-0.39, 0.29) is 11.7 Å². The van der Waals surface area contributed by atoms with Crippen molar-refractivity contribution in [3.63, 3.8) is 0 Å². The molecule has 1 heterocycles. The first-order valence-electron chi connectivity index (χ1n) is 6.85. The highest BCUT2D eigenvalue weighted by molar-refractivity contribution is 9.10. The van der Waals surface area contributed by atoms with Crippen molar-refractivity contribution < 1.29 is 9.21 Å². The zero-order chi connectivity index (χ0) is 17.3. The lowest BCUT2D eigenvalue weighted by molar-refractivity contribution is 0.0997. The van der Waals surface area contributed by atoms with Gasteiger partial charge < -0.3 is 15.5 Å². The number of rotatable bonds is 3. The van der Waals surface area contributed by atoms with Gasteiger partial charge in [-0.3, -0.25) is 4.79 Å². The Bertz CT molecular complexity index is 925. The molecule has 0 aliphatic heterocycles. The molecule has 1 amide bonds. The lowest BCUT2D eigenvalue weighted by Crippen LogP contribution is -2.11. The van der Waals surface area contributed by atoms with Crippen LogP contribution in [0.25, 0.3) is 11.3 Å².